The van der Waals surface area contributed by atoms with E-state index in [1.54, 1.807) is 0 Å². The van der Waals surface area contributed by atoms with Crippen molar-refractivity contribution in [2.24, 2.45) is 0 Å². The molecule has 0 radical (unpaired) electrons. The monoisotopic (exact) mass is 375 g/mol. The minimum absolute atomic E-state index is 0.262. The van der Waals surface area contributed by atoms with Crippen molar-refractivity contribution >= 4 is 17.9 Å². The van der Waals surface area contributed by atoms with E-state index in [1.807, 2.05) is 0 Å². The summed E-state index contributed by atoms with van der Waals surface area (Å²) in [5.41, 5.74) is 0.264. The van der Waals surface area contributed by atoms with Crippen molar-refractivity contribution in [1.82, 2.24) is 15.1 Å². The van der Waals surface area contributed by atoms with Crippen molar-refractivity contribution in [2.75, 3.05) is 46.3 Å². The SMILES string of the molecule is CC(=O)O.CC(=O)O.CN1CCCN(CCC(=O)O)CC12CCNCC2. The predicted octanol–water partition coefficient (Wildman–Crippen LogP) is 0.403. The number of hydrogen-bond acceptors (Lipinski definition) is 6. The van der Waals surface area contributed by atoms with Crippen molar-refractivity contribution in [1.29, 1.82) is 0 Å². The average molecular weight is 375 g/mol. The van der Waals surface area contributed by atoms with Crippen LogP contribution in [0.3, 0.4) is 0 Å². The first kappa shape index (κ1) is 24.3. The molecule has 0 saturated carbocycles. The number of carboxylic acid groups (broad SMARTS) is 3. The Balaban J connectivity index is 0.000000662. The van der Waals surface area contributed by atoms with Crippen LogP contribution in [-0.2, 0) is 14.4 Å². The second kappa shape index (κ2) is 12.6. The summed E-state index contributed by atoms with van der Waals surface area (Å²) in [4.78, 5) is 33.6. The molecule has 2 aliphatic rings. The van der Waals surface area contributed by atoms with Crippen LogP contribution < -0.4 is 5.32 Å². The molecule has 2 saturated heterocycles. The average Bonchev–Trinajstić information content (AvgIpc) is 2.65. The first-order chi connectivity index (χ1) is 12.1. The maximum Gasteiger partial charge on any atom is 0.304 e. The highest BCUT2D eigenvalue weighted by atomic mass is 16.4. The van der Waals surface area contributed by atoms with E-state index in [0.717, 1.165) is 53.0 Å². The molecule has 0 bridgehead atoms. The van der Waals surface area contributed by atoms with Crippen LogP contribution in [-0.4, -0.2) is 94.9 Å². The lowest BCUT2D eigenvalue weighted by molar-refractivity contribution is -0.137. The van der Waals surface area contributed by atoms with Gasteiger partial charge >= 0.3 is 5.97 Å². The molecule has 1 spiro atoms. The molecule has 9 heteroatoms. The third-order valence-electron chi connectivity index (χ3n) is 4.47. The van der Waals surface area contributed by atoms with Crippen LogP contribution in [0.25, 0.3) is 0 Å². The maximum atomic E-state index is 10.7. The molecule has 0 atom stereocenters. The lowest BCUT2D eigenvalue weighted by Gasteiger charge is -2.45. The summed E-state index contributed by atoms with van der Waals surface area (Å²) >= 11 is 0. The smallest absolute Gasteiger partial charge is 0.304 e. The quantitative estimate of drug-likeness (QED) is 0.554. The number of likely N-dealkylation sites (N-methyl/N-ethyl adjacent to an activating group) is 1. The van der Waals surface area contributed by atoms with Crippen LogP contribution in [0, 0.1) is 0 Å². The third kappa shape index (κ3) is 11.0. The summed E-state index contributed by atoms with van der Waals surface area (Å²) in [5, 5.41) is 27.1. The molecule has 0 amide bonds. The van der Waals surface area contributed by atoms with Crippen molar-refractivity contribution in [2.45, 2.75) is 45.1 Å². The van der Waals surface area contributed by atoms with E-state index in [4.69, 9.17) is 24.9 Å². The summed E-state index contributed by atoms with van der Waals surface area (Å²) in [6.07, 6.45) is 3.75. The van der Waals surface area contributed by atoms with E-state index in [0.29, 0.717) is 6.54 Å². The Bertz CT molecular complexity index is 432. The van der Waals surface area contributed by atoms with Crippen LogP contribution in [0.4, 0.5) is 0 Å². The van der Waals surface area contributed by atoms with Crippen molar-refractivity contribution < 1.29 is 29.7 Å². The molecule has 2 heterocycles. The van der Waals surface area contributed by atoms with Crippen molar-refractivity contribution in [3.63, 3.8) is 0 Å². The molecular weight excluding hydrogens is 342 g/mol. The number of nitrogens with zero attached hydrogens (tertiary/aromatic N) is 2. The number of carboxylic acids is 3. The number of aliphatic carboxylic acids is 3. The molecule has 0 aromatic carbocycles. The topological polar surface area (TPSA) is 130 Å². The maximum absolute atomic E-state index is 10.7. The number of piperidine rings is 1. The van der Waals surface area contributed by atoms with Crippen LogP contribution in [0.15, 0.2) is 0 Å². The molecule has 0 aromatic rings. The fraction of sp³-hybridized carbons (Fsp3) is 0.824. The van der Waals surface area contributed by atoms with Gasteiger partial charge in [-0.2, -0.15) is 0 Å². The zero-order valence-corrected chi connectivity index (χ0v) is 16.0. The minimum atomic E-state index is -0.833. The molecule has 0 unspecified atom stereocenters. The van der Waals surface area contributed by atoms with E-state index < -0.39 is 17.9 Å². The molecule has 9 nitrogen and oxygen atoms in total. The summed E-state index contributed by atoms with van der Waals surface area (Å²) in [6.45, 7) is 8.21. The molecule has 2 aliphatic heterocycles. The summed E-state index contributed by atoms with van der Waals surface area (Å²) in [5.74, 6) is -2.35. The molecule has 0 aliphatic carbocycles. The Morgan fingerprint density at radius 2 is 1.50 bits per heavy atom. The fourth-order valence-corrected chi connectivity index (χ4v) is 3.26. The molecule has 0 aromatic heterocycles. The van der Waals surface area contributed by atoms with Gasteiger partial charge in [0.25, 0.3) is 11.9 Å². The van der Waals surface area contributed by atoms with E-state index in [-0.39, 0.29) is 12.0 Å². The Kier molecular flexibility index (Phi) is 11.8. The number of nitrogens with one attached hydrogen (secondary N) is 1. The normalized spacial score (nSPS) is 20.0. The largest absolute Gasteiger partial charge is 0.481 e. The van der Waals surface area contributed by atoms with Crippen LogP contribution >= 0.6 is 0 Å². The van der Waals surface area contributed by atoms with E-state index in [2.05, 4.69) is 22.2 Å². The number of hydrogen-bond donors (Lipinski definition) is 4. The Morgan fingerprint density at radius 1 is 1.00 bits per heavy atom. The highest BCUT2D eigenvalue weighted by Gasteiger charge is 2.38. The highest BCUT2D eigenvalue weighted by Crippen LogP contribution is 2.28. The van der Waals surface area contributed by atoms with Gasteiger partial charge in [0.1, 0.15) is 0 Å². The van der Waals surface area contributed by atoms with Gasteiger partial charge in [0.2, 0.25) is 0 Å². The van der Waals surface area contributed by atoms with Gasteiger partial charge in [-0.05, 0) is 52.5 Å². The summed E-state index contributed by atoms with van der Waals surface area (Å²) in [6, 6.07) is 0. The zero-order chi connectivity index (χ0) is 20.2. The zero-order valence-electron chi connectivity index (χ0n) is 16.0. The number of rotatable bonds is 3. The van der Waals surface area contributed by atoms with Gasteiger partial charge in [-0.15, -0.1) is 0 Å². The predicted molar refractivity (Wildman–Crippen MR) is 97.4 cm³/mol. The second-order valence-corrected chi connectivity index (χ2v) is 6.71. The molecule has 2 rings (SSSR count). The second-order valence-electron chi connectivity index (χ2n) is 6.71. The minimum Gasteiger partial charge on any atom is -0.481 e. The first-order valence-corrected chi connectivity index (χ1v) is 8.84. The Labute approximate surface area is 155 Å². The van der Waals surface area contributed by atoms with E-state index >= 15 is 0 Å². The molecule has 4 N–H and O–H groups in total. The van der Waals surface area contributed by atoms with Gasteiger partial charge < -0.3 is 25.5 Å². The van der Waals surface area contributed by atoms with Gasteiger partial charge in [-0.1, -0.05) is 0 Å². The Hall–Kier alpha value is -1.71. The van der Waals surface area contributed by atoms with Gasteiger partial charge in [0, 0.05) is 32.5 Å². The lowest BCUT2D eigenvalue weighted by atomic mass is 9.86. The molecule has 2 fully saturated rings. The van der Waals surface area contributed by atoms with Gasteiger partial charge in [-0.25, -0.2) is 0 Å². The van der Waals surface area contributed by atoms with Crippen LogP contribution in [0.5, 0.6) is 0 Å². The van der Waals surface area contributed by atoms with Crippen molar-refractivity contribution in [3.05, 3.63) is 0 Å². The van der Waals surface area contributed by atoms with Gasteiger partial charge in [0.05, 0.1) is 6.42 Å². The standard InChI is InChI=1S/C13H25N3O2.2C2H4O2/c1-15-8-2-9-16(10-3-12(17)18)11-13(15)4-6-14-7-5-13;2*1-2(3)4/h14H,2-11H2,1H3,(H,17,18);2*1H3,(H,3,4). The van der Waals surface area contributed by atoms with E-state index in [1.165, 1.54) is 12.8 Å². The van der Waals surface area contributed by atoms with Gasteiger partial charge in [-0.3, -0.25) is 19.3 Å². The van der Waals surface area contributed by atoms with E-state index in [9.17, 15) is 4.79 Å². The molecule has 152 valence electrons. The first-order valence-electron chi connectivity index (χ1n) is 8.84. The van der Waals surface area contributed by atoms with Crippen molar-refractivity contribution in [3.8, 4) is 0 Å². The molecule has 26 heavy (non-hydrogen) atoms. The lowest BCUT2D eigenvalue weighted by Crippen LogP contribution is -2.57. The van der Waals surface area contributed by atoms with Gasteiger partial charge in [0.15, 0.2) is 0 Å². The fourth-order valence-electron chi connectivity index (χ4n) is 3.26. The summed E-state index contributed by atoms with van der Waals surface area (Å²) in [7, 11) is 2.23. The highest BCUT2D eigenvalue weighted by molar-refractivity contribution is 5.66. The Morgan fingerprint density at radius 3 is 1.96 bits per heavy atom. The van der Waals surface area contributed by atoms with Crippen LogP contribution in [0.1, 0.15) is 39.5 Å². The number of carbonyl (C=O) groups is 3. The van der Waals surface area contributed by atoms with Crippen LogP contribution in [0.2, 0.25) is 0 Å². The summed E-state index contributed by atoms with van der Waals surface area (Å²) < 4.78 is 0. The molecular formula is C17H33N3O6. The third-order valence-corrected chi connectivity index (χ3v) is 4.47.